The number of rotatable bonds is 3. The first-order valence-electron chi connectivity index (χ1n) is 4.43. The average molecular weight is 271 g/mol. The number of nitrogen functional groups attached to an aromatic ring is 1. The van der Waals surface area contributed by atoms with E-state index in [1.807, 2.05) is 0 Å². The molecule has 0 aromatic heterocycles. The van der Waals surface area contributed by atoms with Gasteiger partial charge in [0.05, 0.1) is 10.7 Å². The number of hydrogen-bond donors (Lipinski definition) is 1. The van der Waals surface area contributed by atoms with Crippen LogP contribution in [0, 0.1) is 11.5 Å². The van der Waals surface area contributed by atoms with Crippen molar-refractivity contribution < 1.29 is 9.53 Å². The standard InChI is InChI=1S/C11H8Cl2N2O2/c1-5(2)10(16)6-3-7(12)11(17-4-14)8(13)9(6)15/h3H,1,15H2,2H3. The molecule has 1 rings (SSSR count). The third-order valence-corrected chi connectivity index (χ3v) is 2.65. The van der Waals surface area contributed by atoms with E-state index in [0.717, 1.165) is 0 Å². The fourth-order valence-corrected chi connectivity index (χ4v) is 1.71. The van der Waals surface area contributed by atoms with Crippen molar-refractivity contribution in [1.29, 1.82) is 5.26 Å². The van der Waals surface area contributed by atoms with Crippen LogP contribution in [0.2, 0.25) is 10.0 Å². The second-order valence-corrected chi connectivity index (χ2v) is 4.05. The molecule has 0 atom stereocenters. The van der Waals surface area contributed by atoms with Gasteiger partial charge in [0, 0.05) is 5.56 Å². The highest BCUT2D eigenvalue weighted by Gasteiger charge is 2.20. The van der Waals surface area contributed by atoms with Crippen molar-refractivity contribution in [3.63, 3.8) is 0 Å². The lowest BCUT2D eigenvalue weighted by molar-refractivity contribution is 0.103. The Labute approximate surface area is 108 Å². The second-order valence-electron chi connectivity index (χ2n) is 3.27. The van der Waals surface area contributed by atoms with Gasteiger partial charge in [-0.2, -0.15) is 0 Å². The number of carbonyl (C=O) groups is 1. The highest BCUT2D eigenvalue weighted by Crippen LogP contribution is 2.40. The zero-order valence-corrected chi connectivity index (χ0v) is 10.4. The molecule has 0 unspecified atom stereocenters. The van der Waals surface area contributed by atoms with Gasteiger partial charge in [-0.05, 0) is 18.6 Å². The van der Waals surface area contributed by atoms with Crippen LogP contribution in [0.1, 0.15) is 17.3 Å². The minimum absolute atomic E-state index is 0.00863. The molecule has 4 nitrogen and oxygen atoms in total. The van der Waals surface area contributed by atoms with Crippen LogP contribution >= 0.6 is 23.2 Å². The summed E-state index contributed by atoms with van der Waals surface area (Å²) in [5.74, 6) is -0.429. The summed E-state index contributed by atoms with van der Waals surface area (Å²) in [6, 6.07) is 1.30. The van der Waals surface area contributed by atoms with E-state index in [0.29, 0.717) is 5.57 Å². The number of carbonyl (C=O) groups excluding carboxylic acids is 1. The molecule has 0 aliphatic heterocycles. The van der Waals surface area contributed by atoms with Crippen LogP contribution in [0.3, 0.4) is 0 Å². The smallest absolute Gasteiger partial charge is 0.292 e. The van der Waals surface area contributed by atoms with Gasteiger partial charge >= 0.3 is 0 Å². The van der Waals surface area contributed by atoms with Gasteiger partial charge in [0.25, 0.3) is 6.26 Å². The maximum atomic E-state index is 11.7. The largest absolute Gasteiger partial charge is 0.397 e. The molecule has 0 amide bonds. The van der Waals surface area contributed by atoms with Gasteiger partial charge in [-0.3, -0.25) is 4.79 Å². The summed E-state index contributed by atoms with van der Waals surface area (Å²) in [5.41, 5.74) is 6.13. The van der Waals surface area contributed by atoms with E-state index >= 15 is 0 Å². The van der Waals surface area contributed by atoms with Crippen molar-refractivity contribution in [2.45, 2.75) is 6.92 Å². The zero-order chi connectivity index (χ0) is 13.2. The molecule has 0 saturated heterocycles. The van der Waals surface area contributed by atoms with E-state index in [9.17, 15) is 4.79 Å². The molecule has 1 aromatic carbocycles. The van der Waals surface area contributed by atoms with Gasteiger partial charge in [-0.25, -0.2) is 0 Å². The molecule has 6 heteroatoms. The van der Waals surface area contributed by atoms with Crippen LogP contribution in [-0.2, 0) is 0 Å². The summed E-state index contributed by atoms with van der Waals surface area (Å²) in [6.45, 7) is 5.06. The zero-order valence-electron chi connectivity index (χ0n) is 8.88. The van der Waals surface area contributed by atoms with Crippen LogP contribution in [0.15, 0.2) is 18.2 Å². The van der Waals surface area contributed by atoms with E-state index < -0.39 is 0 Å². The lowest BCUT2D eigenvalue weighted by Gasteiger charge is -2.10. The molecular formula is C11H8Cl2N2O2. The number of nitrogens with zero attached hydrogens (tertiary/aromatic N) is 1. The van der Waals surface area contributed by atoms with Crippen LogP contribution < -0.4 is 10.5 Å². The van der Waals surface area contributed by atoms with Crippen molar-refractivity contribution in [3.8, 4) is 12.0 Å². The van der Waals surface area contributed by atoms with E-state index in [-0.39, 0.29) is 32.8 Å². The number of ether oxygens (including phenoxy) is 1. The Morgan fingerprint density at radius 1 is 1.59 bits per heavy atom. The summed E-state index contributed by atoms with van der Waals surface area (Å²) in [6.07, 6.45) is 1.44. The van der Waals surface area contributed by atoms with Gasteiger partial charge in [0.15, 0.2) is 11.5 Å². The lowest BCUT2D eigenvalue weighted by atomic mass is 10.0. The first kappa shape index (κ1) is 13.4. The van der Waals surface area contributed by atoms with E-state index in [1.54, 1.807) is 6.92 Å². The second kappa shape index (κ2) is 5.09. The number of ketones is 1. The van der Waals surface area contributed by atoms with Crippen molar-refractivity contribution in [3.05, 3.63) is 33.8 Å². The monoisotopic (exact) mass is 270 g/mol. The van der Waals surface area contributed by atoms with Gasteiger partial charge in [-0.1, -0.05) is 29.8 Å². The van der Waals surface area contributed by atoms with Crippen molar-refractivity contribution in [2.24, 2.45) is 0 Å². The molecule has 0 fully saturated rings. The van der Waals surface area contributed by atoms with Crippen LogP contribution in [0.25, 0.3) is 0 Å². The minimum atomic E-state index is -0.366. The lowest BCUT2D eigenvalue weighted by Crippen LogP contribution is -2.06. The molecule has 88 valence electrons. The topological polar surface area (TPSA) is 76.1 Å². The highest BCUT2D eigenvalue weighted by molar-refractivity contribution is 6.40. The number of Topliss-reactive ketones (excluding diaryl/α,β-unsaturated/α-hetero) is 1. The molecule has 17 heavy (non-hydrogen) atoms. The van der Waals surface area contributed by atoms with E-state index in [2.05, 4.69) is 11.3 Å². The van der Waals surface area contributed by atoms with Crippen molar-refractivity contribution in [1.82, 2.24) is 0 Å². The third kappa shape index (κ3) is 2.52. The summed E-state index contributed by atoms with van der Waals surface area (Å²) in [7, 11) is 0. The summed E-state index contributed by atoms with van der Waals surface area (Å²) >= 11 is 11.7. The quantitative estimate of drug-likeness (QED) is 0.396. The molecule has 0 saturated carbocycles. The Morgan fingerprint density at radius 2 is 2.18 bits per heavy atom. The number of benzene rings is 1. The molecule has 1 aromatic rings. The SMILES string of the molecule is C=C(C)C(=O)c1cc(Cl)c(OC#N)c(Cl)c1N. The van der Waals surface area contributed by atoms with E-state index in [1.165, 1.54) is 12.3 Å². The van der Waals surface area contributed by atoms with Crippen molar-refractivity contribution >= 4 is 34.7 Å². The Kier molecular flexibility index (Phi) is 4.00. The predicted octanol–water partition coefficient (Wildman–Crippen LogP) is 3.19. The minimum Gasteiger partial charge on any atom is -0.397 e. The van der Waals surface area contributed by atoms with Gasteiger partial charge in [0.2, 0.25) is 0 Å². The molecule has 2 N–H and O–H groups in total. The van der Waals surface area contributed by atoms with Gasteiger partial charge in [-0.15, -0.1) is 5.26 Å². The number of nitrogens with two attached hydrogens (primary N) is 1. The first-order chi connectivity index (χ1) is 7.90. The number of anilines is 1. The Balaban J connectivity index is 3.45. The summed E-state index contributed by atoms with van der Waals surface area (Å²) in [5, 5.41) is 8.39. The fourth-order valence-electron chi connectivity index (χ4n) is 1.17. The Bertz CT molecular complexity index is 547. The normalized spacial score (nSPS) is 9.53. The maximum absolute atomic E-state index is 11.7. The van der Waals surface area contributed by atoms with Crippen LogP contribution in [-0.4, -0.2) is 5.78 Å². The molecule has 0 radical (unpaired) electrons. The number of halogens is 2. The molecule has 0 aliphatic carbocycles. The predicted molar refractivity (Wildman–Crippen MR) is 66.3 cm³/mol. The fraction of sp³-hybridized carbons (Fsp3) is 0.0909. The summed E-state index contributed by atoms with van der Waals surface area (Å²) < 4.78 is 4.57. The summed E-state index contributed by atoms with van der Waals surface area (Å²) in [4.78, 5) is 11.7. The molecule has 0 bridgehead atoms. The molecule has 0 heterocycles. The van der Waals surface area contributed by atoms with Crippen LogP contribution in [0.5, 0.6) is 5.75 Å². The third-order valence-electron chi connectivity index (χ3n) is 1.99. The Hall–Kier alpha value is -1.70. The average Bonchev–Trinajstić information content (AvgIpc) is 2.28. The molecule has 0 aliphatic rings. The molecular weight excluding hydrogens is 263 g/mol. The van der Waals surface area contributed by atoms with Gasteiger partial charge in [0.1, 0.15) is 5.02 Å². The maximum Gasteiger partial charge on any atom is 0.292 e. The number of allylic oxidation sites excluding steroid dienone is 1. The number of nitriles is 1. The first-order valence-corrected chi connectivity index (χ1v) is 5.19. The van der Waals surface area contributed by atoms with Crippen molar-refractivity contribution in [2.75, 3.05) is 5.73 Å². The Morgan fingerprint density at radius 3 is 2.65 bits per heavy atom. The highest BCUT2D eigenvalue weighted by atomic mass is 35.5. The van der Waals surface area contributed by atoms with Crippen LogP contribution in [0.4, 0.5) is 5.69 Å². The van der Waals surface area contributed by atoms with E-state index in [4.69, 9.17) is 34.2 Å². The molecule has 0 spiro atoms. The van der Waals surface area contributed by atoms with Gasteiger partial charge < -0.3 is 10.5 Å². The number of hydrogen-bond acceptors (Lipinski definition) is 4.